The van der Waals surface area contributed by atoms with E-state index < -0.39 is 0 Å². The van der Waals surface area contributed by atoms with Crippen molar-refractivity contribution < 1.29 is 4.52 Å². The number of hydrogen-bond acceptors (Lipinski definition) is 5. The highest BCUT2D eigenvalue weighted by Crippen LogP contribution is 2.01. The quantitative estimate of drug-likeness (QED) is 0.801. The third-order valence-corrected chi connectivity index (χ3v) is 2.22. The van der Waals surface area contributed by atoms with Crippen LogP contribution in [0.4, 0.5) is 0 Å². The second-order valence-electron chi connectivity index (χ2n) is 2.56. The fourth-order valence-corrected chi connectivity index (χ4v) is 1.53. The van der Waals surface area contributed by atoms with Crippen molar-refractivity contribution in [2.75, 3.05) is 0 Å². The van der Waals surface area contributed by atoms with E-state index in [2.05, 4.69) is 15.5 Å². The molecule has 2 aromatic rings. The van der Waals surface area contributed by atoms with Gasteiger partial charge in [0.05, 0.1) is 23.9 Å². The van der Waals surface area contributed by atoms with Gasteiger partial charge in [-0.1, -0.05) is 5.16 Å². The first-order valence-electron chi connectivity index (χ1n) is 3.92. The third kappa shape index (κ3) is 2.37. The van der Waals surface area contributed by atoms with Crippen LogP contribution in [0.5, 0.6) is 0 Å². The maximum Gasteiger partial charge on any atom is 0.150 e. The van der Waals surface area contributed by atoms with Gasteiger partial charge in [-0.3, -0.25) is 0 Å². The molecule has 4 nitrogen and oxygen atoms in total. The van der Waals surface area contributed by atoms with Crippen LogP contribution < -0.4 is 5.32 Å². The molecule has 0 unspecified atom stereocenters. The molecule has 0 fully saturated rings. The minimum absolute atomic E-state index is 0.692. The fraction of sp³-hybridized carbons (Fsp3) is 0.250. The zero-order valence-corrected chi connectivity index (χ0v) is 7.75. The van der Waals surface area contributed by atoms with Crippen LogP contribution in [0.1, 0.15) is 11.5 Å². The van der Waals surface area contributed by atoms with E-state index in [0.29, 0.717) is 6.54 Å². The van der Waals surface area contributed by atoms with Crippen LogP contribution >= 0.6 is 11.3 Å². The Kier molecular flexibility index (Phi) is 2.68. The summed E-state index contributed by atoms with van der Waals surface area (Å²) in [6.07, 6.45) is 1.64. The molecule has 0 radical (unpaired) electrons. The highest BCUT2D eigenvalue weighted by Gasteiger charge is 1.97. The Labute approximate surface area is 79.6 Å². The highest BCUT2D eigenvalue weighted by molar-refractivity contribution is 7.07. The van der Waals surface area contributed by atoms with Crippen molar-refractivity contribution in [2.24, 2.45) is 0 Å². The van der Waals surface area contributed by atoms with Crippen molar-refractivity contribution in [2.45, 2.75) is 13.1 Å². The van der Waals surface area contributed by atoms with Crippen LogP contribution in [0.2, 0.25) is 0 Å². The summed E-state index contributed by atoms with van der Waals surface area (Å²) < 4.78 is 4.92. The van der Waals surface area contributed by atoms with Crippen LogP contribution in [0.25, 0.3) is 0 Å². The first-order valence-corrected chi connectivity index (χ1v) is 4.87. The second-order valence-corrected chi connectivity index (χ2v) is 3.28. The number of nitrogens with one attached hydrogen (secondary N) is 1. The van der Waals surface area contributed by atoms with E-state index in [0.717, 1.165) is 18.0 Å². The number of thiazole rings is 1. The first-order chi connectivity index (χ1) is 6.45. The average molecular weight is 195 g/mol. The zero-order valence-electron chi connectivity index (χ0n) is 6.93. The molecule has 0 aliphatic rings. The maximum atomic E-state index is 4.92. The molecule has 2 aromatic heterocycles. The van der Waals surface area contributed by atoms with Gasteiger partial charge in [-0.2, -0.15) is 0 Å². The van der Waals surface area contributed by atoms with Gasteiger partial charge in [-0.15, -0.1) is 11.3 Å². The van der Waals surface area contributed by atoms with Gasteiger partial charge in [0.15, 0.2) is 0 Å². The molecule has 68 valence electrons. The van der Waals surface area contributed by atoms with Crippen LogP contribution in [-0.2, 0) is 13.1 Å². The predicted octanol–water partition coefficient (Wildman–Crippen LogP) is 1.42. The fourth-order valence-electron chi connectivity index (χ4n) is 0.972. The van der Waals surface area contributed by atoms with E-state index in [-0.39, 0.29) is 0 Å². The number of aromatic nitrogens is 2. The molecule has 0 spiro atoms. The van der Waals surface area contributed by atoms with Gasteiger partial charge in [-0.05, 0) is 0 Å². The Morgan fingerprint density at radius 2 is 2.46 bits per heavy atom. The van der Waals surface area contributed by atoms with E-state index >= 15 is 0 Å². The van der Waals surface area contributed by atoms with E-state index in [1.54, 1.807) is 17.5 Å². The lowest BCUT2D eigenvalue weighted by Gasteiger charge is -1.97. The summed E-state index contributed by atoms with van der Waals surface area (Å²) in [5.41, 5.74) is 2.88. The summed E-state index contributed by atoms with van der Waals surface area (Å²) in [4.78, 5) is 4.14. The summed E-state index contributed by atoms with van der Waals surface area (Å²) in [5.74, 6) is 0.843. The van der Waals surface area contributed by atoms with Crippen LogP contribution in [0.3, 0.4) is 0 Å². The third-order valence-electron chi connectivity index (χ3n) is 1.58. The van der Waals surface area contributed by atoms with Crippen LogP contribution in [0.15, 0.2) is 27.7 Å². The zero-order chi connectivity index (χ0) is 8.93. The monoisotopic (exact) mass is 195 g/mol. The molecule has 2 rings (SSSR count). The van der Waals surface area contributed by atoms with E-state index in [9.17, 15) is 0 Å². The molecule has 0 saturated carbocycles. The minimum atomic E-state index is 0.692. The number of hydrogen-bond donors (Lipinski definition) is 1. The minimum Gasteiger partial charge on any atom is -0.360 e. The Morgan fingerprint density at radius 3 is 3.15 bits per heavy atom. The molecule has 5 heteroatoms. The smallest absolute Gasteiger partial charge is 0.150 e. The first kappa shape index (κ1) is 8.40. The summed E-state index contributed by atoms with van der Waals surface area (Å²) in [5, 5.41) is 8.83. The topological polar surface area (TPSA) is 51.0 Å². The molecule has 0 saturated heterocycles. The van der Waals surface area contributed by atoms with Crippen LogP contribution in [-0.4, -0.2) is 10.1 Å². The summed E-state index contributed by atoms with van der Waals surface area (Å²) in [7, 11) is 0. The lowest BCUT2D eigenvalue weighted by atomic mass is 10.4. The van der Waals surface area contributed by atoms with Crippen molar-refractivity contribution in [3.05, 3.63) is 34.6 Å². The van der Waals surface area contributed by atoms with Crippen molar-refractivity contribution in [1.29, 1.82) is 0 Å². The molecular formula is C8H9N3OS. The standard InChI is InChI=1S/C8H9N3OS/c1-2-11-12-8(1)4-9-3-7-5-13-6-10-7/h1-2,5-6,9H,3-4H2. The summed E-state index contributed by atoms with van der Waals surface area (Å²) in [6.45, 7) is 1.46. The second kappa shape index (κ2) is 4.15. The lowest BCUT2D eigenvalue weighted by molar-refractivity contribution is 0.372. The molecule has 0 atom stereocenters. The SMILES string of the molecule is c1cc(CNCc2cscn2)on1. The molecule has 1 N–H and O–H groups in total. The normalized spacial score (nSPS) is 10.5. The molecular weight excluding hydrogens is 186 g/mol. The molecule has 0 amide bonds. The van der Waals surface area contributed by atoms with Gasteiger partial charge in [-0.25, -0.2) is 4.98 Å². The van der Waals surface area contributed by atoms with Gasteiger partial charge in [0.25, 0.3) is 0 Å². The molecule has 13 heavy (non-hydrogen) atoms. The van der Waals surface area contributed by atoms with Crippen molar-refractivity contribution >= 4 is 11.3 Å². The molecule has 2 heterocycles. The van der Waals surface area contributed by atoms with Gasteiger partial charge in [0.1, 0.15) is 5.76 Å². The number of rotatable bonds is 4. The highest BCUT2D eigenvalue weighted by atomic mass is 32.1. The van der Waals surface area contributed by atoms with E-state index in [4.69, 9.17) is 4.52 Å². The van der Waals surface area contributed by atoms with Gasteiger partial charge in [0, 0.05) is 18.0 Å². The molecule has 0 aliphatic heterocycles. The Hall–Kier alpha value is -1.20. The van der Waals surface area contributed by atoms with Gasteiger partial charge in [0.2, 0.25) is 0 Å². The largest absolute Gasteiger partial charge is 0.360 e. The van der Waals surface area contributed by atoms with Crippen LogP contribution in [0, 0.1) is 0 Å². The lowest BCUT2D eigenvalue weighted by Crippen LogP contribution is -2.12. The van der Waals surface area contributed by atoms with Crippen molar-refractivity contribution in [3.8, 4) is 0 Å². The number of nitrogens with zero attached hydrogens (tertiary/aromatic N) is 2. The molecule has 0 aliphatic carbocycles. The van der Waals surface area contributed by atoms with Crippen molar-refractivity contribution in [3.63, 3.8) is 0 Å². The average Bonchev–Trinajstić information content (AvgIpc) is 2.75. The van der Waals surface area contributed by atoms with E-state index in [1.807, 2.05) is 17.0 Å². The Morgan fingerprint density at radius 1 is 1.46 bits per heavy atom. The van der Waals surface area contributed by atoms with E-state index in [1.165, 1.54) is 0 Å². The van der Waals surface area contributed by atoms with Gasteiger partial charge < -0.3 is 9.84 Å². The predicted molar refractivity (Wildman–Crippen MR) is 49.2 cm³/mol. The Balaban J connectivity index is 1.76. The summed E-state index contributed by atoms with van der Waals surface area (Å²) >= 11 is 1.60. The maximum absolute atomic E-state index is 4.92. The Bertz CT molecular complexity index is 296. The summed E-state index contributed by atoms with van der Waals surface area (Å²) in [6, 6.07) is 1.84. The molecule has 0 aromatic carbocycles. The van der Waals surface area contributed by atoms with Crippen molar-refractivity contribution in [1.82, 2.24) is 15.5 Å². The molecule has 0 bridgehead atoms. The van der Waals surface area contributed by atoms with Gasteiger partial charge >= 0.3 is 0 Å².